The van der Waals surface area contributed by atoms with Crippen LogP contribution in [-0.2, 0) is 11.2 Å². The molecule has 0 aliphatic heterocycles. The Hall–Kier alpha value is -3.48. The second-order valence-electron chi connectivity index (χ2n) is 8.38. The van der Waals surface area contributed by atoms with Gasteiger partial charge in [-0.25, -0.2) is 9.67 Å². The van der Waals surface area contributed by atoms with Gasteiger partial charge < -0.3 is 5.11 Å². The van der Waals surface area contributed by atoms with Gasteiger partial charge in [0.05, 0.1) is 28.0 Å². The number of thiazole rings is 1. The van der Waals surface area contributed by atoms with Crippen molar-refractivity contribution in [1.82, 2.24) is 14.8 Å². The molecule has 5 rings (SSSR count). The number of carbonyl (C=O) groups is 1. The van der Waals surface area contributed by atoms with Gasteiger partial charge in [0.2, 0.25) is 0 Å². The number of nitrogens with zero attached hydrogens (tertiary/aromatic N) is 3. The monoisotopic (exact) mass is 487 g/mol. The molecular formula is C27H22ClN3O2S. The van der Waals surface area contributed by atoms with E-state index >= 15 is 0 Å². The van der Waals surface area contributed by atoms with Crippen LogP contribution in [0, 0.1) is 20.8 Å². The summed E-state index contributed by atoms with van der Waals surface area (Å²) in [6, 6.07) is 19.7. The summed E-state index contributed by atoms with van der Waals surface area (Å²) in [5, 5.41) is 15.7. The van der Waals surface area contributed by atoms with E-state index in [1.165, 1.54) is 0 Å². The maximum Gasteiger partial charge on any atom is 0.307 e. The zero-order valence-electron chi connectivity index (χ0n) is 19.0. The first-order chi connectivity index (χ1) is 16.3. The maximum atomic E-state index is 11.7. The van der Waals surface area contributed by atoms with Gasteiger partial charge in [0, 0.05) is 21.8 Å². The Labute approximate surface area is 206 Å². The minimum atomic E-state index is -0.861. The third-order valence-corrected chi connectivity index (χ3v) is 7.21. The predicted molar refractivity (Wildman–Crippen MR) is 138 cm³/mol. The predicted octanol–water partition coefficient (Wildman–Crippen LogP) is 7.02. The van der Waals surface area contributed by atoms with Gasteiger partial charge in [0.1, 0.15) is 5.01 Å². The summed E-state index contributed by atoms with van der Waals surface area (Å²) >= 11 is 7.70. The Morgan fingerprint density at radius 2 is 1.79 bits per heavy atom. The average molecular weight is 488 g/mol. The molecule has 2 heterocycles. The van der Waals surface area contributed by atoms with Crippen LogP contribution in [-0.4, -0.2) is 25.8 Å². The molecule has 5 aromatic rings. The molecule has 0 unspecified atom stereocenters. The molecule has 0 amide bonds. The van der Waals surface area contributed by atoms with Crippen molar-refractivity contribution in [3.8, 4) is 27.4 Å². The van der Waals surface area contributed by atoms with E-state index in [0.717, 1.165) is 60.1 Å². The van der Waals surface area contributed by atoms with Gasteiger partial charge in [-0.2, -0.15) is 5.10 Å². The number of aliphatic carboxylic acids is 1. The first-order valence-electron chi connectivity index (χ1n) is 10.8. The molecule has 0 saturated carbocycles. The molecule has 0 saturated heterocycles. The van der Waals surface area contributed by atoms with E-state index < -0.39 is 5.97 Å². The van der Waals surface area contributed by atoms with Gasteiger partial charge in [0.25, 0.3) is 0 Å². The highest BCUT2D eigenvalue weighted by Crippen LogP contribution is 2.41. The van der Waals surface area contributed by atoms with E-state index in [-0.39, 0.29) is 6.42 Å². The average Bonchev–Trinajstić information content (AvgIpc) is 3.37. The van der Waals surface area contributed by atoms with E-state index in [0.29, 0.717) is 5.02 Å². The molecule has 0 atom stereocenters. The Balaban J connectivity index is 1.70. The molecule has 1 N–H and O–H groups in total. The van der Waals surface area contributed by atoms with Gasteiger partial charge in [0.15, 0.2) is 0 Å². The van der Waals surface area contributed by atoms with Crippen LogP contribution in [0.2, 0.25) is 5.02 Å². The normalized spacial score (nSPS) is 11.3. The number of aromatic nitrogens is 3. The second kappa shape index (κ2) is 8.70. The number of carboxylic acid groups (broad SMARTS) is 1. The van der Waals surface area contributed by atoms with E-state index in [1.807, 2.05) is 74.0 Å². The molecule has 0 aliphatic rings. The van der Waals surface area contributed by atoms with Crippen molar-refractivity contribution in [2.45, 2.75) is 27.2 Å². The van der Waals surface area contributed by atoms with Crippen LogP contribution in [0.25, 0.3) is 37.6 Å². The zero-order valence-corrected chi connectivity index (χ0v) is 20.5. The van der Waals surface area contributed by atoms with E-state index in [9.17, 15) is 9.90 Å². The van der Waals surface area contributed by atoms with Gasteiger partial charge >= 0.3 is 5.97 Å². The van der Waals surface area contributed by atoms with Crippen LogP contribution in [0.4, 0.5) is 0 Å². The van der Waals surface area contributed by atoms with Gasteiger partial charge in [-0.3, -0.25) is 4.79 Å². The number of halogens is 1. The highest BCUT2D eigenvalue weighted by molar-refractivity contribution is 7.22. The fourth-order valence-corrected chi connectivity index (χ4v) is 5.58. The molecule has 34 heavy (non-hydrogen) atoms. The molecular weight excluding hydrogens is 466 g/mol. The number of carboxylic acids is 1. The van der Waals surface area contributed by atoms with Crippen molar-refractivity contribution >= 4 is 39.1 Å². The summed E-state index contributed by atoms with van der Waals surface area (Å²) in [5.41, 5.74) is 8.41. The lowest BCUT2D eigenvalue weighted by molar-refractivity contribution is -0.136. The maximum absolute atomic E-state index is 11.7. The third-order valence-electron chi connectivity index (χ3n) is 5.82. The van der Waals surface area contributed by atoms with Crippen LogP contribution in [0.3, 0.4) is 0 Å². The number of benzene rings is 3. The Morgan fingerprint density at radius 1 is 1.03 bits per heavy atom. The van der Waals surface area contributed by atoms with Crippen molar-refractivity contribution in [3.05, 3.63) is 88.2 Å². The molecule has 0 fully saturated rings. The topological polar surface area (TPSA) is 68.0 Å². The van der Waals surface area contributed by atoms with E-state index in [2.05, 4.69) is 17.2 Å². The molecule has 0 aliphatic carbocycles. The van der Waals surface area contributed by atoms with Crippen molar-refractivity contribution in [2.75, 3.05) is 0 Å². The quantitative estimate of drug-likeness (QED) is 0.289. The minimum absolute atomic E-state index is 0.0552. The largest absolute Gasteiger partial charge is 0.481 e. The van der Waals surface area contributed by atoms with E-state index in [1.54, 1.807) is 11.3 Å². The standard InChI is InChI=1S/C27H22ClN3O2S/c1-15-11-23-26(25(22(15)14-24(32)33)18-7-9-20(28)10-8-18)34-27(29-23)19-5-4-6-21(13-19)31-17(3)12-16(2)30-31/h4-13H,14H2,1-3H3,(H,32,33). The van der Waals surface area contributed by atoms with Crippen molar-refractivity contribution in [1.29, 1.82) is 0 Å². The number of aryl methyl sites for hydroxylation is 3. The number of hydrogen-bond acceptors (Lipinski definition) is 4. The third kappa shape index (κ3) is 4.11. The lowest BCUT2D eigenvalue weighted by Gasteiger charge is -2.13. The fraction of sp³-hybridized carbons (Fsp3) is 0.148. The number of rotatable bonds is 5. The van der Waals surface area contributed by atoms with Crippen LogP contribution in [0.1, 0.15) is 22.5 Å². The second-order valence-corrected chi connectivity index (χ2v) is 9.82. The SMILES string of the molecule is Cc1cc(C)n(-c2cccc(-c3nc4cc(C)c(CC(=O)O)c(-c5ccc(Cl)cc5)c4s3)c2)n1. The lowest BCUT2D eigenvalue weighted by Crippen LogP contribution is -2.04. The van der Waals surface area contributed by atoms with Crippen molar-refractivity contribution in [3.63, 3.8) is 0 Å². The van der Waals surface area contributed by atoms with Crippen LogP contribution in [0.5, 0.6) is 0 Å². The fourth-order valence-electron chi connectivity index (χ4n) is 4.32. The summed E-state index contributed by atoms with van der Waals surface area (Å²) in [6.07, 6.45) is -0.0552. The first-order valence-corrected chi connectivity index (χ1v) is 12.0. The number of hydrogen-bond donors (Lipinski definition) is 1. The molecule has 2 aromatic heterocycles. The van der Waals surface area contributed by atoms with Gasteiger partial charge in [-0.1, -0.05) is 35.9 Å². The summed E-state index contributed by atoms with van der Waals surface area (Å²) < 4.78 is 2.90. The summed E-state index contributed by atoms with van der Waals surface area (Å²) in [5.74, 6) is -0.861. The van der Waals surface area contributed by atoms with E-state index in [4.69, 9.17) is 16.6 Å². The van der Waals surface area contributed by atoms with Crippen molar-refractivity contribution in [2.24, 2.45) is 0 Å². The summed E-state index contributed by atoms with van der Waals surface area (Å²) in [4.78, 5) is 16.6. The molecule has 5 nitrogen and oxygen atoms in total. The number of fused-ring (bicyclic) bond motifs is 1. The van der Waals surface area contributed by atoms with Crippen molar-refractivity contribution < 1.29 is 9.90 Å². The van der Waals surface area contributed by atoms with Crippen LogP contribution < -0.4 is 0 Å². The first kappa shape index (κ1) is 22.3. The molecule has 0 radical (unpaired) electrons. The van der Waals surface area contributed by atoms with Crippen LogP contribution in [0.15, 0.2) is 60.7 Å². The Morgan fingerprint density at radius 3 is 2.47 bits per heavy atom. The molecule has 7 heteroatoms. The summed E-state index contributed by atoms with van der Waals surface area (Å²) in [7, 11) is 0. The zero-order chi connectivity index (χ0) is 24.0. The molecule has 0 bridgehead atoms. The Bertz CT molecular complexity index is 1550. The van der Waals surface area contributed by atoms with Gasteiger partial charge in [-0.05, 0) is 73.9 Å². The minimum Gasteiger partial charge on any atom is -0.481 e. The highest BCUT2D eigenvalue weighted by Gasteiger charge is 2.19. The molecule has 0 spiro atoms. The Kier molecular flexibility index (Phi) is 5.71. The van der Waals surface area contributed by atoms with Gasteiger partial charge in [-0.15, -0.1) is 11.3 Å². The highest BCUT2D eigenvalue weighted by atomic mass is 35.5. The lowest BCUT2D eigenvalue weighted by atomic mass is 9.93. The summed E-state index contributed by atoms with van der Waals surface area (Å²) in [6.45, 7) is 5.96. The van der Waals surface area contributed by atoms with Crippen LogP contribution >= 0.6 is 22.9 Å². The molecule has 3 aromatic carbocycles. The molecule has 170 valence electrons. The smallest absolute Gasteiger partial charge is 0.307 e.